The van der Waals surface area contributed by atoms with E-state index in [0.29, 0.717) is 16.3 Å². The number of hydrogen-bond acceptors (Lipinski definition) is 5. The highest BCUT2D eigenvalue weighted by Crippen LogP contribution is 2.23. The SMILES string of the molecule is O=C1OC(c2cccs2)=N/C1=C\c1ccc(Br)o1. The molecule has 18 heavy (non-hydrogen) atoms. The molecule has 3 heterocycles. The van der Waals surface area contributed by atoms with Crippen LogP contribution in [0.4, 0.5) is 0 Å². The molecule has 0 fully saturated rings. The lowest BCUT2D eigenvalue weighted by molar-refractivity contribution is -0.129. The van der Waals surface area contributed by atoms with Crippen LogP contribution >= 0.6 is 27.3 Å². The Kier molecular flexibility index (Phi) is 2.89. The zero-order chi connectivity index (χ0) is 12.5. The molecule has 4 nitrogen and oxygen atoms in total. The van der Waals surface area contributed by atoms with E-state index >= 15 is 0 Å². The molecule has 0 spiro atoms. The van der Waals surface area contributed by atoms with Gasteiger partial charge in [0.1, 0.15) is 5.76 Å². The largest absolute Gasteiger partial charge is 0.450 e. The summed E-state index contributed by atoms with van der Waals surface area (Å²) in [4.78, 5) is 16.6. The van der Waals surface area contributed by atoms with Gasteiger partial charge in [0.25, 0.3) is 0 Å². The molecule has 0 aliphatic carbocycles. The van der Waals surface area contributed by atoms with E-state index in [1.807, 2.05) is 17.5 Å². The van der Waals surface area contributed by atoms with Crippen molar-refractivity contribution in [1.29, 1.82) is 0 Å². The number of furan rings is 1. The van der Waals surface area contributed by atoms with Crippen LogP contribution in [0.2, 0.25) is 0 Å². The van der Waals surface area contributed by atoms with Crippen molar-refractivity contribution in [2.24, 2.45) is 4.99 Å². The second-order valence-electron chi connectivity index (χ2n) is 3.46. The normalized spacial score (nSPS) is 17.1. The van der Waals surface area contributed by atoms with Crippen LogP contribution in [0.3, 0.4) is 0 Å². The lowest BCUT2D eigenvalue weighted by Crippen LogP contribution is -2.03. The molecular formula is C12H6BrNO3S. The molecule has 0 aromatic carbocycles. The van der Waals surface area contributed by atoms with E-state index in [-0.39, 0.29) is 5.70 Å². The van der Waals surface area contributed by atoms with Crippen molar-refractivity contribution in [3.8, 4) is 0 Å². The predicted molar refractivity (Wildman–Crippen MR) is 71.3 cm³/mol. The molecule has 0 atom stereocenters. The van der Waals surface area contributed by atoms with E-state index < -0.39 is 5.97 Å². The molecule has 0 bridgehead atoms. The Morgan fingerprint density at radius 1 is 1.33 bits per heavy atom. The van der Waals surface area contributed by atoms with Crippen LogP contribution in [-0.2, 0) is 9.53 Å². The number of carbonyl (C=O) groups is 1. The molecule has 0 saturated heterocycles. The van der Waals surface area contributed by atoms with Crippen LogP contribution in [0.5, 0.6) is 0 Å². The van der Waals surface area contributed by atoms with E-state index in [1.54, 1.807) is 18.2 Å². The number of cyclic esters (lactones) is 1. The highest BCUT2D eigenvalue weighted by atomic mass is 79.9. The number of aliphatic imine (C=N–C) groups is 1. The lowest BCUT2D eigenvalue weighted by atomic mass is 10.3. The quantitative estimate of drug-likeness (QED) is 0.628. The molecular weight excluding hydrogens is 318 g/mol. The summed E-state index contributed by atoms with van der Waals surface area (Å²) >= 11 is 4.66. The number of nitrogens with zero attached hydrogens (tertiary/aromatic N) is 1. The highest BCUT2D eigenvalue weighted by Gasteiger charge is 2.24. The van der Waals surface area contributed by atoms with Gasteiger partial charge in [0.2, 0.25) is 5.90 Å². The maximum atomic E-state index is 11.6. The number of rotatable bonds is 2. The Labute approximate surface area is 115 Å². The minimum Gasteiger partial charge on any atom is -0.450 e. The third-order valence-corrected chi connectivity index (χ3v) is 3.51. The fraction of sp³-hybridized carbons (Fsp3) is 0. The number of thiophene rings is 1. The van der Waals surface area contributed by atoms with E-state index in [0.717, 1.165) is 4.88 Å². The molecule has 3 rings (SSSR count). The molecule has 1 aliphatic heterocycles. The van der Waals surface area contributed by atoms with Crippen LogP contribution in [-0.4, -0.2) is 11.9 Å². The third-order valence-electron chi connectivity index (χ3n) is 2.23. The van der Waals surface area contributed by atoms with Crippen molar-refractivity contribution < 1.29 is 13.9 Å². The molecule has 6 heteroatoms. The van der Waals surface area contributed by atoms with Crippen molar-refractivity contribution >= 4 is 45.2 Å². The Bertz CT molecular complexity index is 655. The average molecular weight is 324 g/mol. The van der Waals surface area contributed by atoms with Crippen LogP contribution in [0.15, 0.2) is 49.4 Å². The summed E-state index contributed by atoms with van der Waals surface area (Å²) in [5.41, 5.74) is 0.236. The van der Waals surface area contributed by atoms with Crippen LogP contribution in [0.1, 0.15) is 10.6 Å². The molecule has 0 N–H and O–H groups in total. The first-order chi connectivity index (χ1) is 8.72. The van der Waals surface area contributed by atoms with Gasteiger partial charge in [-0.2, -0.15) is 0 Å². The van der Waals surface area contributed by atoms with Crippen molar-refractivity contribution in [3.63, 3.8) is 0 Å². The van der Waals surface area contributed by atoms with Crippen molar-refractivity contribution in [2.75, 3.05) is 0 Å². The van der Waals surface area contributed by atoms with Gasteiger partial charge in [-0.15, -0.1) is 11.3 Å². The van der Waals surface area contributed by atoms with Crippen LogP contribution in [0, 0.1) is 0 Å². The van der Waals surface area contributed by atoms with Crippen molar-refractivity contribution in [1.82, 2.24) is 0 Å². The number of esters is 1. The van der Waals surface area contributed by atoms with E-state index in [1.165, 1.54) is 11.3 Å². The minimum absolute atomic E-state index is 0.236. The summed E-state index contributed by atoms with van der Waals surface area (Å²) in [7, 11) is 0. The maximum absolute atomic E-state index is 11.6. The van der Waals surface area contributed by atoms with Gasteiger partial charge in [0.05, 0.1) is 4.88 Å². The van der Waals surface area contributed by atoms with Crippen LogP contribution < -0.4 is 0 Å². The Morgan fingerprint density at radius 2 is 2.22 bits per heavy atom. The topological polar surface area (TPSA) is 51.8 Å². The summed E-state index contributed by atoms with van der Waals surface area (Å²) in [6.45, 7) is 0. The zero-order valence-corrected chi connectivity index (χ0v) is 11.3. The van der Waals surface area contributed by atoms with Gasteiger partial charge >= 0.3 is 5.97 Å². The fourth-order valence-electron chi connectivity index (χ4n) is 1.46. The lowest BCUT2D eigenvalue weighted by Gasteiger charge is -1.92. The molecule has 90 valence electrons. The van der Waals surface area contributed by atoms with Crippen molar-refractivity contribution in [2.45, 2.75) is 0 Å². The highest BCUT2D eigenvalue weighted by molar-refractivity contribution is 9.10. The maximum Gasteiger partial charge on any atom is 0.363 e. The van der Waals surface area contributed by atoms with Gasteiger partial charge in [0, 0.05) is 6.08 Å². The summed E-state index contributed by atoms with van der Waals surface area (Å²) in [5, 5.41) is 1.90. The van der Waals surface area contributed by atoms with Crippen LogP contribution in [0.25, 0.3) is 6.08 Å². The smallest absolute Gasteiger partial charge is 0.363 e. The first kappa shape index (κ1) is 11.4. The molecule has 0 saturated carbocycles. The Morgan fingerprint density at radius 3 is 2.89 bits per heavy atom. The van der Waals surface area contributed by atoms with Gasteiger partial charge in [-0.05, 0) is 39.5 Å². The Balaban J connectivity index is 1.94. The predicted octanol–water partition coefficient (Wildman–Crippen LogP) is 3.45. The summed E-state index contributed by atoms with van der Waals surface area (Å²) < 4.78 is 11.0. The van der Waals surface area contributed by atoms with Gasteiger partial charge in [0.15, 0.2) is 10.4 Å². The van der Waals surface area contributed by atoms with Gasteiger partial charge < -0.3 is 9.15 Å². The molecule has 0 unspecified atom stereocenters. The summed E-state index contributed by atoms with van der Waals surface area (Å²) in [6, 6.07) is 7.21. The molecule has 2 aromatic heterocycles. The third kappa shape index (κ3) is 2.16. The number of hydrogen-bond donors (Lipinski definition) is 0. The number of ether oxygens (including phenoxy) is 1. The van der Waals surface area contributed by atoms with Crippen molar-refractivity contribution in [3.05, 3.63) is 50.6 Å². The fourth-order valence-corrected chi connectivity index (χ4v) is 2.42. The average Bonchev–Trinajstić information content (AvgIpc) is 3.02. The Hall–Kier alpha value is -1.66. The standard InChI is InChI=1S/C12H6BrNO3S/c13-10-4-3-7(16-10)6-8-12(15)17-11(14-8)9-2-1-5-18-9/h1-6H/b8-6-. The minimum atomic E-state index is -0.467. The zero-order valence-electron chi connectivity index (χ0n) is 8.92. The molecule has 0 amide bonds. The second kappa shape index (κ2) is 4.55. The second-order valence-corrected chi connectivity index (χ2v) is 5.18. The van der Waals surface area contributed by atoms with E-state index in [9.17, 15) is 4.79 Å². The molecule has 1 aliphatic rings. The first-order valence-electron chi connectivity index (χ1n) is 5.04. The van der Waals surface area contributed by atoms with Gasteiger partial charge in [-0.3, -0.25) is 0 Å². The first-order valence-corrected chi connectivity index (χ1v) is 6.71. The molecule has 0 radical (unpaired) electrons. The molecule has 2 aromatic rings. The number of carbonyl (C=O) groups excluding carboxylic acids is 1. The van der Waals surface area contributed by atoms with Gasteiger partial charge in [-0.25, -0.2) is 9.79 Å². The van der Waals surface area contributed by atoms with E-state index in [4.69, 9.17) is 9.15 Å². The monoisotopic (exact) mass is 323 g/mol. The van der Waals surface area contributed by atoms with Gasteiger partial charge in [-0.1, -0.05) is 6.07 Å². The summed E-state index contributed by atoms with van der Waals surface area (Å²) in [6.07, 6.45) is 1.55. The van der Waals surface area contributed by atoms with E-state index in [2.05, 4.69) is 20.9 Å². The summed E-state index contributed by atoms with van der Waals surface area (Å²) in [5.74, 6) is 0.419. The number of halogens is 1.